The predicted molar refractivity (Wildman–Crippen MR) is 61.8 cm³/mol. The van der Waals surface area contributed by atoms with Crippen LogP contribution in [0, 0.1) is 10.1 Å². The second kappa shape index (κ2) is 6.21. The summed E-state index contributed by atoms with van der Waals surface area (Å²) in [6, 6.07) is 4.38. The number of hydrogen-bond acceptors (Lipinski definition) is 6. The summed E-state index contributed by atoms with van der Waals surface area (Å²) in [6.07, 6.45) is 0. The number of hydrogen-bond donors (Lipinski definition) is 1. The van der Waals surface area contributed by atoms with E-state index in [9.17, 15) is 14.9 Å². The standard InChI is InChI=1S/C10H11NO5S/c1-16-10(13)6-17-9-3-2-7(5-12)4-8(9)11(14)15/h2-4,12H,5-6H2,1H3. The largest absolute Gasteiger partial charge is 0.468 e. The van der Waals surface area contributed by atoms with Gasteiger partial charge < -0.3 is 9.84 Å². The molecule has 92 valence electrons. The van der Waals surface area contributed by atoms with Crippen LogP contribution in [0.4, 0.5) is 5.69 Å². The van der Waals surface area contributed by atoms with Crippen LogP contribution in [0.2, 0.25) is 0 Å². The smallest absolute Gasteiger partial charge is 0.315 e. The minimum absolute atomic E-state index is 0.00973. The number of aliphatic hydroxyl groups is 1. The highest BCUT2D eigenvalue weighted by Crippen LogP contribution is 2.30. The van der Waals surface area contributed by atoms with Gasteiger partial charge in [0.15, 0.2) is 0 Å². The van der Waals surface area contributed by atoms with E-state index >= 15 is 0 Å². The monoisotopic (exact) mass is 257 g/mol. The maximum Gasteiger partial charge on any atom is 0.315 e. The SMILES string of the molecule is COC(=O)CSc1ccc(CO)cc1[N+](=O)[O-]. The van der Waals surface area contributed by atoms with Crippen molar-refractivity contribution in [3.8, 4) is 0 Å². The highest BCUT2D eigenvalue weighted by molar-refractivity contribution is 8.00. The molecule has 1 aromatic carbocycles. The average Bonchev–Trinajstić information content (AvgIpc) is 2.35. The van der Waals surface area contributed by atoms with Crippen LogP contribution in [0.1, 0.15) is 5.56 Å². The van der Waals surface area contributed by atoms with Crippen LogP contribution in [0.5, 0.6) is 0 Å². The summed E-state index contributed by atoms with van der Waals surface area (Å²) < 4.78 is 4.45. The lowest BCUT2D eigenvalue weighted by atomic mass is 10.2. The molecular formula is C10H11NO5S. The number of benzene rings is 1. The lowest BCUT2D eigenvalue weighted by Crippen LogP contribution is -2.03. The Bertz CT molecular complexity index is 435. The lowest BCUT2D eigenvalue weighted by molar-refractivity contribution is -0.387. The summed E-state index contributed by atoms with van der Waals surface area (Å²) in [5.41, 5.74) is 0.338. The third-order valence-electron chi connectivity index (χ3n) is 1.98. The third kappa shape index (κ3) is 3.72. The highest BCUT2D eigenvalue weighted by Gasteiger charge is 2.16. The molecule has 0 aliphatic carbocycles. The number of nitro groups is 1. The molecule has 0 bridgehead atoms. The Morgan fingerprint density at radius 1 is 1.59 bits per heavy atom. The number of rotatable bonds is 5. The van der Waals surface area contributed by atoms with E-state index in [1.807, 2.05) is 0 Å². The van der Waals surface area contributed by atoms with E-state index in [4.69, 9.17) is 5.11 Å². The number of nitro benzene ring substituents is 1. The van der Waals surface area contributed by atoms with Crippen LogP contribution in [-0.2, 0) is 16.1 Å². The van der Waals surface area contributed by atoms with Crippen LogP contribution in [0.15, 0.2) is 23.1 Å². The topological polar surface area (TPSA) is 89.7 Å². The van der Waals surface area contributed by atoms with Crippen molar-refractivity contribution in [3.05, 3.63) is 33.9 Å². The van der Waals surface area contributed by atoms with Gasteiger partial charge in [0, 0.05) is 6.07 Å². The lowest BCUT2D eigenvalue weighted by Gasteiger charge is -2.03. The molecule has 7 heteroatoms. The second-order valence-electron chi connectivity index (χ2n) is 3.08. The first kappa shape index (κ1) is 13.5. The van der Waals surface area contributed by atoms with Gasteiger partial charge in [0.05, 0.1) is 29.3 Å². The molecule has 0 aliphatic heterocycles. The van der Waals surface area contributed by atoms with Gasteiger partial charge in [0.2, 0.25) is 0 Å². The minimum Gasteiger partial charge on any atom is -0.468 e. The van der Waals surface area contributed by atoms with E-state index in [-0.39, 0.29) is 18.0 Å². The number of nitrogens with zero attached hydrogens (tertiary/aromatic N) is 1. The van der Waals surface area contributed by atoms with E-state index in [1.165, 1.54) is 19.2 Å². The predicted octanol–water partition coefficient (Wildman–Crippen LogP) is 1.35. The fourth-order valence-electron chi connectivity index (χ4n) is 1.12. The average molecular weight is 257 g/mol. The van der Waals surface area contributed by atoms with Crippen molar-refractivity contribution < 1.29 is 19.6 Å². The molecule has 0 aromatic heterocycles. The van der Waals surface area contributed by atoms with Gasteiger partial charge in [0.25, 0.3) is 5.69 Å². The van der Waals surface area contributed by atoms with Gasteiger partial charge in [-0.2, -0.15) is 0 Å². The summed E-state index contributed by atoms with van der Waals surface area (Å²) in [5, 5.41) is 19.7. The number of aliphatic hydroxyl groups excluding tert-OH is 1. The zero-order valence-electron chi connectivity index (χ0n) is 9.08. The molecule has 0 aliphatic rings. The number of esters is 1. The molecule has 0 saturated heterocycles. The Balaban J connectivity index is 2.90. The Kier molecular flexibility index (Phi) is 4.92. The first-order valence-corrected chi connectivity index (χ1v) is 5.65. The number of methoxy groups -OCH3 is 1. The zero-order chi connectivity index (χ0) is 12.8. The van der Waals surface area contributed by atoms with Crippen LogP contribution in [-0.4, -0.2) is 28.9 Å². The fourth-order valence-corrected chi connectivity index (χ4v) is 1.96. The molecule has 0 amide bonds. The van der Waals surface area contributed by atoms with Crippen molar-refractivity contribution in [2.45, 2.75) is 11.5 Å². The summed E-state index contributed by atoms with van der Waals surface area (Å²) in [6.45, 7) is -0.261. The van der Waals surface area contributed by atoms with E-state index in [0.29, 0.717) is 10.5 Å². The number of carbonyl (C=O) groups is 1. The molecule has 6 nitrogen and oxygen atoms in total. The number of thioether (sulfide) groups is 1. The fraction of sp³-hybridized carbons (Fsp3) is 0.300. The highest BCUT2D eigenvalue weighted by atomic mass is 32.2. The van der Waals surface area contributed by atoms with Crippen LogP contribution < -0.4 is 0 Å². The van der Waals surface area contributed by atoms with E-state index in [2.05, 4.69) is 4.74 Å². The molecule has 0 fully saturated rings. The molecule has 0 saturated carbocycles. The van der Waals surface area contributed by atoms with Crippen molar-refractivity contribution in [1.29, 1.82) is 0 Å². The van der Waals surface area contributed by atoms with E-state index in [1.54, 1.807) is 6.07 Å². The second-order valence-corrected chi connectivity index (χ2v) is 4.10. The van der Waals surface area contributed by atoms with E-state index in [0.717, 1.165) is 11.8 Å². The minimum atomic E-state index is -0.543. The Labute approximate surface area is 102 Å². The third-order valence-corrected chi connectivity index (χ3v) is 3.01. The van der Waals surface area contributed by atoms with Gasteiger partial charge in [-0.3, -0.25) is 14.9 Å². The van der Waals surface area contributed by atoms with Crippen molar-refractivity contribution in [3.63, 3.8) is 0 Å². The quantitative estimate of drug-likeness (QED) is 0.370. The van der Waals surface area contributed by atoms with Gasteiger partial charge in [0.1, 0.15) is 0 Å². The normalized spacial score (nSPS) is 10.0. The molecule has 17 heavy (non-hydrogen) atoms. The van der Waals surface area contributed by atoms with Gasteiger partial charge in [-0.25, -0.2) is 0 Å². The van der Waals surface area contributed by atoms with Crippen molar-refractivity contribution in [1.82, 2.24) is 0 Å². The van der Waals surface area contributed by atoms with Gasteiger partial charge in [-0.05, 0) is 11.6 Å². The van der Waals surface area contributed by atoms with Crippen LogP contribution in [0.3, 0.4) is 0 Å². The van der Waals surface area contributed by atoms with Gasteiger partial charge in [-0.1, -0.05) is 6.07 Å². The molecule has 0 heterocycles. The van der Waals surface area contributed by atoms with Crippen LogP contribution in [0.25, 0.3) is 0 Å². The van der Waals surface area contributed by atoms with E-state index < -0.39 is 10.9 Å². The molecule has 0 atom stereocenters. The van der Waals surface area contributed by atoms with Gasteiger partial charge >= 0.3 is 5.97 Å². The maximum absolute atomic E-state index is 10.9. The van der Waals surface area contributed by atoms with Crippen molar-refractivity contribution in [2.24, 2.45) is 0 Å². The first-order valence-electron chi connectivity index (χ1n) is 4.66. The summed E-state index contributed by atoms with van der Waals surface area (Å²) in [4.78, 5) is 21.6. The molecule has 1 N–H and O–H groups in total. The van der Waals surface area contributed by atoms with Crippen molar-refractivity contribution >= 4 is 23.4 Å². The summed E-state index contributed by atoms with van der Waals surface area (Å²) >= 11 is 1.03. The summed E-state index contributed by atoms with van der Waals surface area (Å²) in [5.74, 6) is -0.439. The molecule has 1 aromatic rings. The molecular weight excluding hydrogens is 246 g/mol. The van der Waals surface area contributed by atoms with Crippen LogP contribution >= 0.6 is 11.8 Å². The molecule has 0 spiro atoms. The molecule has 0 radical (unpaired) electrons. The molecule has 1 rings (SSSR count). The first-order chi connectivity index (χ1) is 8.08. The summed E-state index contributed by atoms with van der Waals surface area (Å²) in [7, 11) is 1.26. The zero-order valence-corrected chi connectivity index (χ0v) is 9.90. The maximum atomic E-state index is 10.9. The number of carbonyl (C=O) groups excluding carboxylic acids is 1. The Hall–Kier alpha value is -1.60. The van der Waals surface area contributed by atoms with Crippen molar-refractivity contribution in [2.75, 3.05) is 12.9 Å². The Morgan fingerprint density at radius 3 is 2.82 bits per heavy atom. The molecule has 0 unspecified atom stereocenters. The number of ether oxygens (including phenoxy) is 1. The van der Waals surface area contributed by atoms with Gasteiger partial charge in [-0.15, -0.1) is 11.8 Å². The Morgan fingerprint density at radius 2 is 2.29 bits per heavy atom.